The van der Waals surface area contributed by atoms with Gasteiger partial charge in [-0.15, -0.1) is 10.2 Å². The maximum Gasteiger partial charge on any atom is 0.247 e. The molecule has 0 bridgehead atoms. The molecule has 1 heterocycles. The van der Waals surface area contributed by atoms with Crippen LogP contribution in [0.2, 0.25) is 0 Å². The van der Waals surface area contributed by atoms with E-state index in [0.717, 1.165) is 31.2 Å². The standard InChI is InChI=1S/C25H30N4O4S/c1-3-34(31,32)29-21-14-19(22(30)18-11-7-8-12-18)13-20(15-21)23-27-28-24(33-23)25(2,26)16-17-9-5-4-6-10-17/h4-6,9-10,13-15,18,29H,3,7-8,11-12,16,26H2,1-2H3. The molecule has 0 radical (unpaired) electrons. The van der Waals surface area contributed by atoms with Gasteiger partial charge in [0.05, 0.1) is 11.3 Å². The van der Waals surface area contributed by atoms with Crippen LogP contribution in [0, 0.1) is 5.92 Å². The van der Waals surface area contributed by atoms with E-state index < -0.39 is 15.6 Å². The van der Waals surface area contributed by atoms with E-state index in [1.807, 2.05) is 37.3 Å². The Kier molecular flexibility index (Phi) is 6.86. The summed E-state index contributed by atoms with van der Waals surface area (Å²) in [5.41, 5.74) is 7.83. The van der Waals surface area contributed by atoms with Gasteiger partial charge in [0.1, 0.15) is 0 Å². The number of sulfonamides is 1. The summed E-state index contributed by atoms with van der Waals surface area (Å²) in [4.78, 5) is 13.1. The molecule has 0 saturated heterocycles. The molecule has 180 valence electrons. The highest BCUT2D eigenvalue weighted by atomic mass is 32.2. The first-order valence-corrected chi connectivity index (χ1v) is 13.2. The predicted molar refractivity (Wildman–Crippen MR) is 131 cm³/mol. The van der Waals surface area contributed by atoms with Crippen molar-refractivity contribution in [2.24, 2.45) is 11.7 Å². The monoisotopic (exact) mass is 482 g/mol. The molecule has 1 aliphatic rings. The van der Waals surface area contributed by atoms with Gasteiger partial charge in [-0.3, -0.25) is 9.52 Å². The number of carbonyl (C=O) groups is 1. The number of benzene rings is 2. The molecule has 1 aromatic heterocycles. The van der Waals surface area contributed by atoms with Crippen molar-refractivity contribution < 1.29 is 17.6 Å². The number of aromatic nitrogens is 2. The average molecular weight is 483 g/mol. The second-order valence-corrected chi connectivity index (χ2v) is 11.2. The number of Topliss-reactive ketones (excluding diaryl/α,β-unsaturated/α-hetero) is 1. The SMILES string of the molecule is CCS(=O)(=O)Nc1cc(C(=O)C2CCCC2)cc(-c2nnc(C(C)(N)Cc3ccccc3)o2)c1. The van der Waals surface area contributed by atoms with Crippen LogP contribution in [0.25, 0.3) is 11.5 Å². The van der Waals surface area contributed by atoms with Gasteiger partial charge in [0, 0.05) is 22.7 Å². The number of nitrogens with zero attached hydrogens (tertiary/aromatic N) is 2. The lowest BCUT2D eigenvalue weighted by Gasteiger charge is -2.20. The summed E-state index contributed by atoms with van der Waals surface area (Å²) in [5.74, 6) is 0.303. The van der Waals surface area contributed by atoms with Crippen molar-refractivity contribution >= 4 is 21.5 Å². The Labute approximate surface area is 200 Å². The normalized spacial score (nSPS) is 16.3. The Morgan fingerprint density at radius 3 is 2.53 bits per heavy atom. The van der Waals surface area contributed by atoms with Crippen LogP contribution >= 0.6 is 0 Å². The van der Waals surface area contributed by atoms with Crippen LogP contribution in [0.1, 0.15) is 61.3 Å². The van der Waals surface area contributed by atoms with Gasteiger partial charge in [-0.05, 0) is 56.9 Å². The molecule has 34 heavy (non-hydrogen) atoms. The van der Waals surface area contributed by atoms with E-state index in [1.54, 1.807) is 25.1 Å². The first-order valence-electron chi connectivity index (χ1n) is 11.5. The highest BCUT2D eigenvalue weighted by Crippen LogP contribution is 2.32. The first-order chi connectivity index (χ1) is 16.2. The minimum absolute atomic E-state index is 0.00350. The summed E-state index contributed by atoms with van der Waals surface area (Å²) in [5, 5.41) is 8.33. The number of nitrogens with two attached hydrogens (primary N) is 1. The summed E-state index contributed by atoms with van der Waals surface area (Å²) >= 11 is 0. The maximum atomic E-state index is 13.1. The molecular weight excluding hydrogens is 452 g/mol. The van der Waals surface area contributed by atoms with Crippen LogP contribution in [0.15, 0.2) is 52.9 Å². The maximum absolute atomic E-state index is 13.1. The topological polar surface area (TPSA) is 128 Å². The van der Waals surface area contributed by atoms with Crippen molar-refractivity contribution in [3.05, 3.63) is 65.5 Å². The van der Waals surface area contributed by atoms with E-state index in [1.165, 1.54) is 0 Å². The number of ketones is 1. The number of anilines is 1. The van der Waals surface area contributed by atoms with Gasteiger partial charge in [0.2, 0.25) is 21.8 Å². The molecule has 0 spiro atoms. The van der Waals surface area contributed by atoms with Crippen LogP contribution in [0.4, 0.5) is 5.69 Å². The molecule has 9 heteroatoms. The van der Waals surface area contributed by atoms with Crippen molar-refractivity contribution in [2.45, 2.75) is 51.5 Å². The van der Waals surface area contributed by atoms with Crippen LogP contribution in [0.5, 0.6) is 0 Å². The molecule has 0 amide bonds. The summed E-state index contributed by atoms with van der Waals surface area (Å²) in [7, 11) is -3.53. The second-order valence-electron chi connectivity index (χ2n) is 9.14. The van der Waals surface area contributed by atoms with Crippen molar-refractivity contribution in [1.82, 2.24) is 10.2 Å². The Morgan fingerprint density at radius 2 is 1.85 bits per heavy atom. The zero-order chi connectivity index (χ0) is 24.3. The third-order valence-electron chi connectivity index (χ3n) is 6.17. The van der Waals surface area contributed by atoms with Crippen molar-refractivity contribution in [3.63, 3.8) is 0 Å². The summed E-state index contributed by atoms with van der Waals surface area (Å²) in [6.45, 7) is 3.37. The van der Waals surface area contributed by atoms with Crippen LogP contribution in [-0.2, 0) is 22.0 Å². The minimum Gasteiger partial charge on any atom is -0.419 e. The number of hydrogen-bond donors (Lipinski definition) is 2. The predicted octanol–water partition coefficient (Wildman–Crippen LogP) is 4.29. The molecule has 3 aromatic rings. The number of rotatable bonds is 9. The van der Waals surface area contributed by atoms with Crippen molar-refractivity contribution in [3.8, 4) is 11.5 Å². The molecule has 1 aliphatic carbocycles. The molecule has 4 rings (SSSR count). The first kappa shape index (κ1) is 24.1. The van der Waals surface area contributed by atoms with Crippen molar-refractivity contribution in [1.29, 1.82) is 0 Å². The fraction of sp³-hybridized carbons (Fsp3) is 0.400. The molecule has 0 aliphatic heterocycles. The van der Waals surface area contributed by atoms with E-state index >= 15 is 0 Å². The number of hydrogen-bond acceptors (Lipinski definition) is 7. The molecule has 1 fully saturated rings. The highest BCUT2D eigenvalue weighted by Gasteiger charge is 2.30. The fourth-order valence-corrected chi connectivity index (χ4v) is 4.92. The van der Waals surface area contributed by atoms with Gasteiger partial charge in [-0.2, -0.15) is 0 Å². The third kappa shape index (κ3) is 5.53. The van der Waals surface area contributed by atoms with Gasteiger partial charge < -0.3 is 10.2 Å². The largest absolute Gasteiger partial charge is 0.419 e. The zero-order valence-corrected chi connectivity index (χ0v) is 20.3. The Hall–Kier alpha value is -3.04. The summed E-state index contributed by atoms with van der Waals surface area (Å²) < 4.78 is 32.9. The Morgan fingerprint density at radius 1 is 1.15 bits per heavy atom. The summed E-state index contributed by atoms with van der Waals surface area (Å²) in [6, 6.07) is 14.6. The van der Waals surface area contributed by atoms with Gasteiger partial charge in [-0.25, -0.2) is 8.42 Å². The fourth-order valence-electron chi connectivity index (χ4n) is 4.29. The third-order valence-corrected chi connectivity index (χ3v) is 7.48. The van der Waals surface area contributed by atoms with Gasteiger partial charge in [0.25, 0.3) is 0 Å². The van der Waals surface area contributed by atoms with Gasteiger partial charge in [0.15, 0.2) is 5.78 Å². The second kappa shape index (κ2) is 9.68. The zero-order valence-electron chi connectivity index (χ0n) is 19.5. The van der Waals surface area contributed by atoms with Gasteiger partial charge in [-0.1, -0.05) is 43.2 Å². The minimum atomic E-state index is -3.53. The lowest BCUT2D eigenvalue weighted by atomic mass is 9.94. The van der Waals surface area contributed by atoms with Crippen LogP contribution < -0.4 is 10.5 Å². The van der Waals surface area contributed by atoms with E-state index in [-0.39, 0.29) is 29.2 Å². The number of nitrogens with one attached hydrogen (secondary N) is 1. The Balaban J connectivity index is 1.68. The molecule has 1 saturated carbocycles. The molecule has 3 N–H and O–H groups in total. The van der Waals surface area contributed by atoms with E-state index in [4.69, 9.17) is 10.2 Å². The summed E-state index contributed by atoms with van der Waals surface area (Å²) in [6.07, 6.45) is 4.23. The quantitative estimate of drug-likeness (QED) is 0.435. The van der Waals surface area contributed by atoms with Gasteiger partial charge >= 0.3 is 0 Å². The van der Waals surface area contributed by atoms with Crippen LogP contribution in [-0.4, -0.2) is 30.2 Å². The van der Waals surface area contributed by atoms with Crippen molar-refractivity contribution in [2.75, 3.05) is 10.5 Å². The smallest absolute Gasteiger partial charge is 0.247 e. The van der Waals surface area contributed by atoms with E-state index in [2.05, 4.69) is 14.9 Å². The van der Waals surface area contributed by atoms with Crippen LogP contribution in [0.3, 0.4) is 0 Å². The van der Waals surface area contributed by atoms with E-state index in [9.17, 15) is 13.2 Å². The van der Waals surface area contributed by atoms with E-state index in [0.29, 0.717) is 23.2 Å². The highest BCUT2D eigenvalue weighted by molar-refractivity contribution is 7.92. The molecule has 2 aromatic carbocycles. The average Bonchev–Trinajstić information content (AvgIpc) is 3.51. The molecule has 8 nitrogen and oxygen atoms in total. The lowest BCUT2D eigenvalue weighted by Crippen LogP contribution is -2.35. The Bertz CT molecular complexity index is 1260. The molecule has 1 atom stereocenters. The molecule has 1 unspecified atom stereocenters. The molecular formula is C25H30N4O4S. The number of carbonyl (C=O) groups excluding carboxylic acids is 1. The lowest BCUT2D eigenvalue weighted by molar-refractivity contribution is 0.0923.